The van der Waals surface area contributed by atoms with Crippen molar-refractivity contribution in [3.8, 4) is 0 Å². The van der Waals surface area contributed by atoms with Gasteiger partial charge in [-0.15, -0.1) is 0 Å². The summed E-state index contributed by atoms with van der Waals surface area (Å²) in [7, 11) is 0. The van der Waals surface area contributed by atoms with Crippen molar-refractivity contribution in [3.05, 3.63) is 66.0 Å². The number of nitrogens with zero attached hydrogens (tertiary/aromatic N) is 1. The summed E-state index contributed by atoms with van der Waals surface area (Å²) in [5.41, 5.74) is 1.63. The highest BCUT2D eigenvalue weighted by Gasteiger charge is 2.63. The van der Waals surface area contributed by atoms with Gasteiger partial charge >= 0.3 is 11.9 Å². The molecule has 4 heterocycles. The molecule has 0 bridgehead atoms. The molecule has 3 fully saturated rings. The molecule has 0 aliphatic carbocycles. The molecule has 198 valence electrons. The van der Waals surface area contributed by atoms with Crippen LogP contribution in [0.3, 0.4) is 0 Å². The topological polar surface area (TPSA) is 125 Å². The Balaban J connectivity index is 1.51. The second-order valence-electron chi connectivity index (χ2n) is 9.93. The van der Waals surface area contributed by atoms with Gasteiger partial charge in [0.1, 0.15) is 18.2 Å². The first-order chi connectivity index (χ1) is 17.8. The molecule has 3 aliphatic rings. The Morgan fingerprint density at radius 1 is 1.11 bits per heavy atom. The number of hydrogen-bond acceptors (Lipinski definition) is 9. The number of carbonyl (C=O) groups excluding carboxylic acids is 1. The lowest BCUT2D eigenvalue weighted by molar-refractivity contribution is -0.228. The van der Waals surface area contributed by atoms with E-state index in [1.54, 1.807) is 45.3 Å². The van der Waals surface area contributed by atoms with Gasteiger partial charge in [-0.25, -0.2) is 0 Å². The van der Waals surface area contributed by atoms with Crippen molar-refractivity contribution in [1.82, 2.24) is 10.3 Å². The number of hydrogen-bond donors (Lipinski definition) is 2. The molecule has 3 aliphatic heterocycles. The number of aromatic nitrogens is 1. The molecule has 0 amide bonds. The molecular weight excluding hydrogens is 480 g/mol. The monoisotopic (exact) mass is 512 g/mol. The first kappa shape index (κ1) is 25.7. The highest BCUT2D eigenvalue weighted by molar-refractivity contribution is 5.80. The Kier molecular flexibility index (Phi) is 7.28. The molecule has 0 radical (unpaired) electrons. The zero-order valence-electron chi connectivity index (χ0n) is 21.0. The highest BCUT2D eigenvalue weighted by Crippen LogP contribution is 2.48. The standard InChI is InChI=1S/C27H32N2O8/c1-4-33-25(32)18-17(20(24(30)31)29-19(18)16-11-8-12-28-13-16)21-22(34-14-15-9-6-5-7-10-15)23-26(35-21)37-27(2,3)36-23/h5-13,17-23,26,29H,4,14H2,1-3H3,(H,30,31)/t17-,18-,19-,20-,21-,22-,23+,26+/m0/s1. The average Bonchev–Trinajstić information content (AvgIpc) is 3.51. The summed E-state index contributed by atoms with van der Waals surface area (Å²) in [5, 5.41) is 13.4. The summed E-state index contributed by atoms with van der Waals surface area (Å²) in [6.07, 6.45) is 0.363. The van der Waals surface area contributed by atoms with Crippen LogP contribution in [-0.2, 0) is 39.9 Å². The Morgan fingerprint density at radius 2 is 1.89 bits per heavy atom. The first-order valence-electron chi connectivity index (χ1n) is 12.5. The fourth-order valence-electron chi connectivity index (χ4n) is 5.63. The van der Waals surface area contributed by atoms with E-state index in [1.165, 1.54) is 0 Å². The number of pyridine rings is 1. The Labute approximate surface area is 215 Å². The Hall–Kier alpha value is -2.89. The van der Waals surface area contributed by atoms with Gasteiger partial charge in [-0.05, 0) is 38.0 Å². The number of ether oxygens (including phenoxy) is 5. The maximum Gasteiger partial charge on any atom is 0.321 e. The van der Waals surface area contributed by atoms with Gasteiger partial charge in [-0.2, -0.15) is 0 Å². The van der Waals surface area contributed by atoms with E-state index in [0.717, 1.165) is 5.56 Å². The highest BCUT2D eigenvalue weighted by atomic mass is 16.8. The minimum Gasteiger partial charge on any atom is -0.480 e. The van der Waals surface area contributed by atoms with Gasteiger partial charge < -0.3 is 28.8 Å². The maximum atomic E-state index is 13.4. The van der Waals surface area contributed by atoms with Crippen LogP contribution in [0.4, 0.5) is 0 Å². The summed E-state index contributed by atoms with van der Waals surface area (Å²) < 4.78 is 30.3. The van der Waals surface area contributed by atoms with Crippen molar-refractivity contribution in [1.29, 1.82) is 0 Å². The number of carbonyl (C=O) groups is 2. The van der Waals surface area contributed by atoms with Crippen LogP contribution >= 0.6 is 0 Å². The van der Waals surface area contributed by atoms with Gasteiger partial charge in [0.2, 0.25) is 0 Å². The van der Waals surface area contributed by atoms with E-state index in [2.05, 4.69) is 10.3 Å². The lowest BCUT2D eigenvalue weighted by atomic mass is 9.79. The largest absolute Gasteiger partial charge is 0.480 e. The number of aliphatic carboxylic acids is 1. The van der Waals surface area contributed by atoms with Gasteiger partial charge in [0.05, 0.1) is 25.2 Å². The summed E-state index contributed by atoms with van der Waals surface area (Å²) in [6.45, 7) is 5.70. The van der Waals surface area contributed by atoms with Crippen molar-refractivity contribution >= 4 is 11.9 Å². The molecule has 2 aromatic rings. The van der Waals surface area contributed by atoms with Crippen molar-refractivity contribution in [2.24, 2.45) is 11.8 Å². The van der Waals surface area contributed by atoms with Gasteiger partial charge in [0, 0.05) is 24.4 Å². The van der Waals surface area contributed by atoms with Crippen molar-refractivity contribution in [3.63, 3.8) is 0 Å². The molecule has 2 N–H and O–H groups in total. The SMILES string of the molecule is CCOC(=O)[C@H]1[C@H]([C@@H]2O[C@@H]3OC(C)(C)O[C@@H]3[C@H]2OCc2ccccc2)[C@@H](C(=O)O)N[C@H]1c1cccnc1. The predicted octanol–water partition coefficient (Wildman–Crippen LogP) is 2.44. The lowest BCUT2D eigenvalue weighted by Gasteiger charge is -2.33. The lowest BCUT2D eigenvalue weighted by Crippen LogP contribution is -2.49. The number of rotatable bonds is 8. The third-order valence-corrected chi connectivity index (χ3v) is 7.08. The van der Waals surface area contributed by atoms with E-state index in [-0.39, 0.29) is 13.2 Å². The zero-order chi connectivity index (χ0) is 26.2. The molecule has 0 unspecified atom stereocenters. The molecule has 10 heteroatoms. The predicted molar refractivity (Wildman–Crippen MR) is 129 cm³/mol. The van der Waals surface area contributed by atoms with E-state index < -0.39 is 66.2 Å². The zero-order valence-corrected chi connectivity index (χ0v) is 21.0. The smallest absolute Gasteiger partial charge is 0.321 e. The van der Waals surface area contributed by atoms with Crippen molar-refractivity contribution in [2.45, 2.75) is 69.9 Å². The van der Waals surface area contributed by atoms with Crippen LogP contribution in [0, 0.1) is 11.8 Å². The Morgan fingerprint density at radius 3 is 2.57 bits per heavy atom. The number of nitrogens with one attached hydrogen (secondary N) is 1. The third-order valence-electron chi connectivity index (χ3n) is 7.08. The van der Waals surface area contributed by atoms with E-state index in [4.69, 9.17) is 23.7 Å². The average molecular weight is 513 g/mol. The van der Waals surface area contributed by atoms with Gasteiger partial charge in [-0.1, -0.05) is 36.4 Å². The number of benzene rings is 1. The molecule has 10 nitrogen and oxygen atoms in total. The van der Waals surface area contributed by atoms with Gasteiger partial charge in [-0.3, -0.25) is 19.9 Å². The van der Waals surface area contributed by atoms with E-state index in [1.807, 2.05) is 30.3 Å². The van der Waals surface area contributed by atoms with Crippen LogP contribution in [0.1, 0.15) is 37.9 Å². The minimum absolute atomic E-state index is 0.157. The number of carboxylic acid groups (broad SMARTS) is 1. The summed E-state index contributed by atoms with van der Waals surface area (Å²) in [6, 6.07) is 11.4. The van der Waals surface area contributed by atoms with Gasteiger partial charge in [0.15, 0.2) is 12.1 Å². The summed E-state index contributed by atoms with van der Waals surface area (Å²) in [5.74, 6) is -4.21. The van der Waals surface area contributed by atoms with Crippen LogP contribution in [0.25, 0.3) is 0 Å². The number of carboxylic acids is 1. The van der Waals surface area contributed by atoms with Crippen molar-refractivity contribution < 1.29 is 38.4 Å². The molecule has 37 heavy (non-hydrogen) atoms. The fourth-order valence-corrected chi connectivity index (χ4v) is 5.63. The third kappa shape index (κ3) is 5.12. The van der Waals surface area contributed by atoms with E-state index >= 15 is 0 Å². The number of esters is 1. The number of fused-ring (bicyclic) bond motifs is 1. The van der Waals surface area contributed by atoms with Gasteiger partial charge in [0.25, 0.3) is 0 Å². The maximum absolute atomic E-state index is 13.4. The molecule has 0 saturated carbocycles. The molecule has 0 spiro atoms. The molecule has 5 rings (SSSR count). The fraction of sp³-hybridized carbons (Fsp3) is 0.519. The molecule has 3 saturated heterocycles. The van der Waals surface area contributed by atoms with Crippen LogP contribution in [0.5, 0.6) is 0 Å². The van der Waals surface area contributed by atoms with Crippen LogP contribution in [0.2, 0.25) is 0 Å². The quantitative estimate of drug-likeness (QED) is 0.510. The summed E-state index contributed by atoms with van der Waals surface area (Å²) in [4.78, 5) is 30.1. The summed E-state index contributed by atoms with van der Waals surface area (Å²) >= 11 is 0. The minimum atomic E-state index is -1.11. The molecular formula is C27H32N2O8. The van der Waals surface area contributed by atoms with E-state index in [9.17, 15) is 14.7 Å². The van der Waals surface area contributed by atoms with Crippen LogP contribution in [-0.4, -0.2) is 65.1 Å². The molecule has 1 aromatic carbocycles. The Bertz CT molecular complexity index is 1100. The molecule has 1 aromatic heterocycles. The normalized spacial score (nSPS) is 34.2. The van der Waals surface area contributed by atoms with Crippen LogP contribution < -0.4 is 5.32 Å². The van der Waals surface area contributed by atoms with E-state index in [0.29, 0.717) is 5.56 Å². The molecule has 8 atom stereocenters. The van der Waals surface area contributed by atoms with Crippen molar-refractivity contribution in [2.75, 3.05) is 6.61 Å². The second kappa shape index (κ2) is 10.5. The van der Waals surface area contributed by atoms with Crippen LogP contribution in [0.15, 0.2) is 54.9 Å². The second-order valence-corrected chi connectivity index (χ2v) is 9.93. The first-order valence-corrected chi connectivity index (χ1v) is 12.5.